The van der Waals surface area contributed by atoms with Gasteiger partial charge in [-0.25, -0.2) is 0 Å². The zero-order valence-electron chi connectivity index (χ0n) is 26.5. The van der Waals surface area contributed by atoms with Gasteiger partial charge in [0.05, 0.1) is 24.8 Å². The maximum atomic E-state index is 13.8. The number of hydrogen-bond donors (Lipinski definition) is 0. The summed E-state index contributed by atoms with van der Waals surface area (Å²) >= 11 is 0. The van der Waals surface area contributed by atoms with E-state index in [0.717, 1.165) is 53.7 Å². The maximum Gasteiger partial charge on any atom is 0.230 e. The van der Waals surface area contributed by atoms with Crippen molar-refractivity contribution in [3.8, 4) is 5.75 Å². The quantitative estimate of drug-likeness (QED) is 0.165. The van der Waals surface area contributed by atoms with Gasteiger partial charge in [0.25, 0.3) is 0 Å². The van der Waals surface area contributed by atoms with Crippen molar-refractivity contribution < 1.29 is 18.4 Å². The van der Waals surface area contributed by atoms with Crippen LogP contribution in [-0.4, -0.2) is 56.8 Å². The van der Waals surface area contributed by atoms with Crippen LogP contribution in [0.25, 0.3) is 10.8 Å². The Balaban J connectivity index is 1.34. The second-order valence-electron chi connectivity index (χ2n) is 13.3. The van der Waals surface area contributed by atoms with Crippen molar-refractivity contribution in [1.29, 1.82) is 0 Å². The third-order valence-electron chi connectivity index (χ3n) is 9.18. The number of carbonyl (C=O) groups is 1. The standard InChI is InChI=1S/C36H46N2O4Si/c1-36(2,3)43(5,6)42-31-19-20-38(23-31)24-33(28-16-12-17-30(21-28)40-25-27-13-8-7-9-14-27)37(4)35(39)22-34-32-18-11-10-15-29(32)26-41-34/h7-18,21,26,31,33H,19-20,22-25H2,1-6H3/t31-,33+/m0/s1. The van der Waals surface area contributed by atoms with Gasteiger partial charge in [0.1, 0.15) is 18.1 Å². The zero-order valence-corrected chi connectivity index (χ0v) is 27.5. The van der Waals surface area contributed by atoms with Gasteiger partial charge in [-0.2, -0.15) is 0 Å². The van der Waals surface area contributed by atoms with E-state index < -0.39 is 8.32 Å². The molecule has 0 radical (unpaired) electrons. The molecule has 7 heteroatoms. The van der Waals surface area contributed by atoms with E-state index in [2.05, 4.69) is 63.0 Å². The van der Waals surface area contributed by atoms with Crippen molar-refractivity contribution in [2.24, 2.45) is 0 Å². The fourth-order valence-electron chi connectivity index (χ4n) is 5.53. The molecule has 1 fully saturated rings. The normalized spacial score (nSPS) is 16.8. The molecule has 6 nitrogen and oxygen atoms in total. The Morgan fingerprint density at radius 3 is 2.56 bits per heavy atom. The fraction of sp³-hybridized carbons (Fsp3) is 0.417. The molecule has 2 heterocycles. The van der Waals surface area contributed by atoms with Crippen molar-refractivity contribution in [2.45, 2.75) is 70.5 Å². The smallest absolute Gasteiger partial charge is 0.230 e. The third kappa shape index (κ3) is 7.58. The predicted molar refractivity (Wildman–Crippen MR) is 176 cm³/mol. The lowest BCUT2D eigenvalue weighted by Crippen LogP contribution is -2.45. The summed E-state index contributed by atoms with van der Waals surface area (Å²) in [6.45, 7) is 14.6. The molecule has 1 aliphatic rings. The van der Waals surface area contributed by atoms with Gasteiger partial charge in [0.2, 0.25) is 5.91 Å². The van der Waals surface area contributed by atoms with E-state index in [0.29, 0.717) is 12.4 Å². The van der Waals surface area contributed by atoms with Crippen LogP contribution in [0, 0.1) is 0 Å². The molecule has 4 aromatic rings. The summed E-state index contributed by atoms with van der Waals surface area (Å²) in [7, 11) is 0.0469. The lowest BCUT2D eigenvalue weighted by Gasteiger charge is -2.38. The molecule has 1 amide bonds. The van der Waals surface area contributed by atoms with Crippen molar-refractivity contribution in [1.82, 2.24) is 9.80 Å². The van der Waals surface area contributed by atoms with Gasteiger partial charge in [-0.15, -0.1) is 0 Å². The summed E-state index contributed by atoms with van der Waals surface area (Å²) in [6, 6.07) is 26.2. The Morgan fingerprint density at radius 2 is 1.79 bits per heavy atom. The van der Waals surface area contributed by atoms with Crippen LogP contribution in [0.15, 0.2) is 89.5 Å². The van der Waals surface area contributed by atoms with E-state index in [1.54, 1.807) is 6.26 Å². The molecule has 1 aliphatic heterocycles. The number of carbonyl (C=O) groups excluding carboxylic acids is 1. The number of fused-ring (bicyclic) bond motifs is 1. The predicted octanol–water partition coefficient (Wildman–Crippen LogP) is 7.85. The number of rotatable bonds is 11. The average molecular weight is 599 g/mol. The lowest BCUT2D eigenvalue weighted by atomic mass is 10.0. The zero-order chi connectivity index (χ0) is 30.6. The molecule has 0 unspecified atom stereocenters. The number of likely N-dealkylation sites (tertiary alicyclic amines) is 1. The molecule has 228 valence electrons. The highest BCUT2D eigenvalue weighted by molar-refractivity contribution is 6.74. The monoisotopic (exact) mass is 598 g/mol. The fourth-order valence-corrected chi connectivity index (χ4v) is 6.90. The number of nitrogens with zero attached hydrogens (tertiary/aromatic N) is 2. The van der Waals surface area contributed by atoms with Crippen molar-refractivity contribution in [2.75, 3.05) is 26.7 Å². The van der Waals surface area contributed by atoms with E-state index in [9.17, 15) is 4.79 Å². The summed E-state index contributed by atoms with van der Waals surface area (Å²) in [5, 5.41) is 2.17. The number of likely N-dealkylation sites (N-methyl/N-ethyl adjacent to an activating group) is 1. The first-order valence-corrected chi connectivity index (χ1v) is 18.3. The Morgan fingerprint density at radius 1 is 1.05 bits per heavy atom. The summed E-state index contributed by atoms with van der Waals surface area (Å²) in [5.74, 6) is 1.52. The largest absolute Gasteiger partial charge is 0.489 e. The molecule has 0 bridgehead atoms. The van der Waals surface area contributed by atoms with E-state index in [4.69, 9.17) is 13.6 Å². The molecule has 3 aromatic carbocycles. The van der Waals surface area contributed by atoms with Gasteiger partial charge in [-0.05, 0) is 47.8 Å². The van der Waals surface area contributed by atoms with Crippen LogP contribution in [-0.2, 0) is 22.2 Å². The summed E-state index contributed by atoms with van der Waals surface area (Å²) < 4.78 is 18.8. The highest BCUT2D eigenvalue weighted by Gasteiger charge is 2.41. The topological polar surface area (TPSA) is 55.2 Å². The molecule has 1 saturated heterocycles. The maximum absolute atomic E-state index is 13.8. The minimum absolute atomic E-state index is 0.0222. The summed E-state index contributed by atoms with van der Waals surface area (Å²) in [6.07, 6.45) is 3.17. The third-order valence-corrected chi connectivity index (χ3v) is 13.7. The van der Waals surface area contributed by atoms with E-state index >= 15 is 0 Å². The Hall–Kier alpha value is -3.39. The molecule has 5 rings (SSSR count). The van der Waals surface area contributed by atoms with Crippen molar-refractivity contribution in [3.63, 3.8) is 0 Å². The van der Waals surface area contributed by atoms with E-state index in [-0.39, 0.29) is 29.5 Å². The van der Waals surface area contributed by atoms with Crippen LogP contribution in [0.3, 0.4) is 0 Å². The molecule has 0 spiro atoms. The number of benzene rings is 3. The van der Waals surface area contributed by atoms with Crippen LogP contribution in [0.1, 0.15) is 50.1 Å². The number of amides is 1. The van der Waals surface area contributed by atoms with Crippen LogP contribution in [0.4, 0.5) is 0 Å². The van der Waals surface area contributed by atoms with Crippen LogP contribution in [0.5, 0.6) is 5.75 Å². The number of furan rings is 1. The van der Waals surface area contributed by atoms with Gasteiger partial charge in [-0.3, -0.25) is 9.69 Å². The molecular formula is C36H46N2O4Si. The first-order chi connectivity index (χ1) is 20.5. The highest BCUT2D eigenvalue weighted by Crippen LogP contribution is 2.38. The first kappa shape index (κ1) is 31.0. The number of hydrogen-bond acceptors (Lipinski definition) is 5. The molecule has 43 heavy (non-hydrogen) atoms. The van der Waals surface area contributed by atoms with Gasteiger partial charge in [-0.1, -0.05) is 87.5 Å². The lowest BCUT2D eigenvalue weighted by molar-refractivity contribution is -0.132. The van der Waals surface area contributed by atoms with Crippen molar-refractivity contribution >= 4 is 25.0 Å². The van der Waals surface area contributed by atoms with E-state index in [1.807, 2.05) is 66.5 Å². The molecule has 0 saturated carbocycles. The minimum atomic E-state index is -1.87. The molecule has 0 N–H and O–H groups in total. The summed E-state index contributed by atoms with van der Waals surface area (Å²) in [5.41, 5.74) is 2.17. The first-order valence-electron chi connectivity index (χ1n) is 15.4. The van der Waals surface area contributed by atoms with Crippen LogP contribution in [0.2, 0.25) is 18.1 Å². The Bertz CT molecular complexity index is 1510. The van der Waals surface area contributed by atoms with Crippen LogP contribution < -0.4 is 4.74 Å². The van der Waals surface area contributed by atoms with Crippen LogP contribution >= 0.6 is 0 Å². The second kappa shape index (κ2) is 13.1. The summed E-state index contributed by atoms with van der Waals surface area (Å²) in [4.78, 5) is 18.1. The van der Waals surface area contributed by atoms with Gasteiger partial charge in [0.15, 0.2) is 8.32 Å². The minimum Gasteiger partial charge on any atom is -0.489 e. The van der Waals surface area contributed by atoms with Gasteiger partial charge >= 0.3 is 0 Å². The highest BCUT2D eigenvalue weighted by atomic mass is 28.4. The van der Waals surface area contributed by atoms with E-state index in [1.165, 1.54) is 0 Å². The Labute approximate surface area is 257 Å². The molecule has 0 aliphatic carbocycles. The second-order valence-corrected chi connectivity index (χ2v) is 18.1. The average Bonchev–Trinajstić information content (AvgIpc) is 3.60. The number of ether oxygens (including phenoxy) is 1. The SMILES string of the molecule is CN(C(=O)Cc1occ2ccccc12)[C@H](CN1CC[C@H](O[Si](C)(C)C(C)(C)C)C1)c1cccc(OCc2ccccc2)c1. The van der Waals surface area contributed by atoms with Crippen molar-refractivity contribution in [3.05, 3.63) is 102 Å². The van der Waals surface area contributed by atoms with Gasteiger partial charge < -0.3 is 18.5 Å². The van der Waals surface area contributed by atoms with Gasteiger partial charge in [0, 0.05) is 37.5 Å². The molecule has 2 atom stereocenters. The molecule has 1 aromatic heterocycles. The Kier molecular flexibility index (Phi) is 9.44. The molecular weight excluding hydrogens is 552 g/mol.